The highest BCUT2D eigenvalue weighted by atomic mass is 16.7. The lowest BCUT2D eigenvalue weighted by Gasteiger charge is -2.25. The molecule has 1 fully saturated rings. The molecule has 7 nitrogen and oxygen atoms in total. The standard InChI is InChI=1S/C32H32N2O5/c1-20-4-6-21(7-5-20)8-13-31(35)34(24-9-10-24)18-23-14-22-15-29-30(39-19-38-29)17-27(22)33-32(23)26-16-25(36-2)11-12-28(26)37-3/h4-7,11-12,14-17,24H,8-10,13,18-19H2,1-3H3. The number of amides is 1. The number of ether oxygens (including phenoxy) is 4. The number of aromatic nitrogens is 1. The average Bonchev–Trinajstić information content (AvgIpc) is 3.70. The lowest BCUT2D eigenvalue weighted by molar-refractivity contribution is -0.132. The molecule has 3 aromatic carbocycles. The minimum Gasteiger partial charge on any atom is -0.497 e. The van der Waals surface area contributed by atoms with Crippen LogP contribution in [-0.4, -0.2) is 42.8 Å². The lowest BCUT2D eigenvalue weighted by Crippen LogP contribution is -2.33. The van der Waals surface area contributed by atoms with Crippen LogP contribution >= 0.6 is 0 Å². The van der Waals surface area contributed by atoms with Crippen molar-refractivity contribution in [3.63, 3.8) is 0 Å². The van der Waals surface area contributed by atoms with Crippen LogP contribution in [0.1, 0.15) is 36.0 Å². The van der Waals surface area contributed by atoms with Gasteiger partial charge in [0.25, 0.3) is 0 Å². The molecule has 0 saturated heterocycles. The van der Waals surface area contributed by atoms with Crippen LogP contribution in [-0.2, 0) is 17.8 Å². The van der Waals surface area contributed by atoms with E-state index in [0.29, 0.717) is 36.0 Å². The second-order valence-electron chi connectivity index (χ2n) is 10.2. The number of carbonyl (C=O) groups excluding carboxylic acids is 1. The number of pyridine rings is 1. The third-order valence-electron chi connectivity index (χ3n) is 7.45. The molecule has 0 spiro atoms. The van der Waals surface area contributed by atoms with Gasteiger partial charge in [-0.1, -0.05) is 29.8 Å². The third-order valence-corrected chi connectivity index (χ3v) is 7.45. The first kappa shape index (κ1) is 25.0. The second-order valence-corrected chi connectivity index (χ2v) is 10.2. The summed E-state index contributed by atoms with van der Waals surface area (Å²) in [7, 11) is 3.29. The number of rotatable bonds is 9. The Morgan fingerprint density at radius 2 is 1.74 bits per heavy atom. The number of hydrogen-bond acceptors (Lipinski definition) is 6. The highest BCUT2D eigenvalue weighted by molar-refractivity contribution is 5.88. The van der Waals surface area contributed by atoms with Gasteiger partial charge in [-0.05, 0) is 67.6 Å². The number of hydrogen-bond donors (Lipinski definition) is 0. The number of aryl methyl sites for hydroxylation is 2. The largest absolute Gasteiger partial charge is 0.497 e. The first-order chi connectivity index (χ1) is 19.0. The Hall–Kier alpha value is -4.26. The van der Waals surface area contributed by atoms with Gasteiger partial charge in [0, 0.05) is 36.0 Å². The van der Waals surface area contributed by atoms with Crippen molar-refractivity contribution >= 4 is 16.8 Å². The Kier molecular flexibility index (Phi) is 6.73. The molecule has 0 N–H and O–H groups in total. The normalized spacial score (nSPS) is 13.9. The Morgan fingerprint density at radius 3 is 2.46 bits per heavy atom. The summed E-state index contributed by atoms with van der Waals surface area (Å²) in [4.78, 5) is 20.7. The number of fused-ring (bicyclic) bond motifs is 2. The van der Waals surface area contributed by atoms with Crippen molar-refractivity contribution in [2.45, 2.75) is 45.2 Å². The second kappa shape index (κ2) is 10.5. The molecule has 1 aliphatic heterocycles. The molecule has 0 atom stereocenters. The molecule has 1 saturated carbocycles. The van der Waals surface area contributed by atoms with E-state index in [1.807, 2.05) is 35.2 Å². The van der Waals surface area contributed by atoms with Crippen LogP contribution < -0.4 is 18.9 Å². The number of benzene rings is 3. The maximum absolute atomic E-state index is 13.6. The van der Waals surface area contributed by atoms with Crippen LogP contribution in [0.2, 0.25) is 0 Å². The van der Waals surface area contributed by atoms with E-state index in [2.05, 4.69) is 37.3 Å². The molecule has 39 heavy (non-hydrogen) atoms. The molecule has 200 valence electrons. The summed E-state index contributed by atoms with van der Waals surface area (Å²) in [6.45, 7) is 2.73. The topological polar surface area (TPSA) is 70.1 Å². The van der Waals surface area contributed by atoms with Crippen molar-refractivity contribution in [3.05, 3.63) is 77.4 Å². The molecule has 2 heterocycles. The van der Waals surface area contributed by atoms with Crippen LogP contribution in [0.4, 0.5) is 0 Å². The Morgan fingerprint density at radius 1 is 0.974 bits per heavy atom. The molecular formula is C32H32N2O5. The zero-order chi connectivity index (χ0) is 26.9. The first-order valence-corrected chi connectivity index (χ1v) is 13.3. The average molecular weight is 525 g/mol. The van der Waals surface area contributed by atoms with Crippen LogP contribution in [0, 0.1) is 6.92 Å². The molecule has 1 amide bonds. The molecule has 0 bridgehead atoms. The highest BCUT2D eigenvalue weighted by Crippen LogP contribution is 2.41. The Bertz CT molecular complexity index is 1530. The van der Waals surface area contributed by atoms with Gasteiger partial charge in [0.1, 0.15) is 11.5 Å². The fraction of sp³-hybridized carbons (Fsp3) is 0.312. The molecule has 7 heteroatoms. The van der Waals surface area contributed by atoms with E-state index in [1.54, 1.807) is 14.2 Å². The molecule has 4 aromatic rings. The fourth-order valence-electron chi connectivity index (χ4n) is 5.10. The smallest absolute Gasteiger partial charge is 0.231 e. The zero-order valence-electron chi connectivity index (χ0n) is 22.5. The van der Waals surface area contributed by atoms with Crippen LogP contribution in [0.5, 0.6) is 23.0 Å². The van der Waals surface area contributed by atoms with Crippen LogP contribution in [0.3, 0.4) is 0 Å². The van der Waals surface area contributed by atoms with Gasteiger partial charge in [-0.3, -0.25) is 4.79 Å². The van der Waals surface area contributed by atoms with Gasteiger partial charge in [0.05, 0.1) is 25.4 Å². The third kappa shape index (κ3) is 5.21. The maximum atomic E-state index is 13.6. The highest BCUT2D eigenvalue weighted by Gasteiger charge is 2.33. The number of nitrogens with zero attached hydrogens (tertiary/aromatic N) is 2. The van der Waals surface area contributed by atoms with Gasteiger partial charge < -0.3 is 23.8 Å². The van der Waals surface area contributed by atoms with E-state index >= 15 is 0 Å². The van der Waals surface area contributed by atoms with E-state index in [-0.39, 0.29) is 18.7 Å². The van der Waals surface area contributed by atoms with Crippen molar-refractivity contribution in [3.8, 4) is 34.3 Å². The van der Waals surface area contributed by atoms with Crippen LogP contribution in [0.15, 0.2) is 60.7 Å². The SMILES string of the molecule is COc1ccc(OC)c(-c2nc3cc4c(cc3cc2CN(C(=O)CCc2ccc(C)cc2)C2CC2)OCO4)c1. The molecule has 1 aromatic heterocycles. The first-order valence-electron chi connectivity index (χ1n) is 13.3. The predicted octanol–water partition coefficient (Wildman–Crippen LogP) is 6.08. The number of carbonyl (C=O) groups is 1. The Labute approximate surface area is 228 Å². The molecule has 0 radical (unpaired) electrons. The number of methoxy groups -OCH3 is 2. The van der Waals surface area contributed by atoms with Gasteiger partial charge >= 0.3 is 0 Å². The van der Waals surface area contributed by atoms with Crippen molar-refractivity contribution in [1.82, 2.24) is 9.88 Å². The molecule has 1 aliphatic carbocycles. The van der Waals surface area contributed by atoms with E-state index in [0.717, 1.165) is 47.0 Å². The van der Waals surface area contributed by atoms with Crippen molar-refractivity contribution in [1.29, 1.82) is 0 Å². The van der Waals surface area contributed by atoms with Gasteiger partial charge in [0.2, 0.25) is 12.7 Å². The summed E-state index contributed by atoms with van der Waals surface area (Å²) in [6, 6.07) is 20.3. The monoisotopic (exact) mass is 524 g/mol. The van der Waals surface area contributed by atoms with Crippen molar-refractivity contribution < 1.29 is 23.7 Å². The minimum atomic E-state index is 0.160. The lowest BCUT2D eigenvalue weighted by atomic mass is 10.0. The van der Waals surface area contributed by atoms with E-state index in [4.69, 9.17) is 23.9 Å². The van der Waals surface area contributed by atoms with Gasteiger partial charge in [-0.2, -0.15) is 0 Å². The summed E-state index contributed by atoms with van der Waals surface area (Å²) in [6.07, 6.45) is 3.23. The summed E-state index contributed by atoms with van der Waals surface area (Å²) in [5.41, 5.74) is 5.70. The van der Waals surface area contributed by atoms with Crippen LogP contribution in [0.25, 0.3) is 22.2 Å². The van der Waals surface area contributed by atoms with Crippen molar-refractivity contribution in [2.75, 3.05) is 21.0 Å². The summed E-state index contributed by atoms with van der Waals surface area (Å²) in [5.74, 6) is 2.94. The predicted molar refractivity (Wildman–Crippen MR) is 149 cm³/mol. The van der Waals surface area contributed by atoms with Crippen molar-refractivity contribution in [2.24, 2.45) is 0 Å². The molecular weight excluding hydrogens is 492 g/mol. The van der Waals surface area contributed by atoms with Gasteiger partial charge in [-0.15, -0.1) is 0 Å². The minimum absolute atomic E-state index is 0.160. The maximum Gasteiger partial charge on any atom is 0.231 e. The van der Waals surface area contributed by atoms with E-state index in [1.165, 1.54) is 11.1 Å². The molecule has 2 aliphatic rings. The van der Waals surface area contributed by atoms with Gasteiger partial charge in [0.15, 0.2) is 11.5 Å². The summed E-state index contributed by atoms with van der Waals surface area (Å²) < 4.78 is 22.5. The fourth-order valence-corrected chi connectivity index (χ4v) is 5.10. The van der Waals surface area contributed by atoms with Gasteiger partial charge in [-0.25, -0.2) is 4.98 Å². The zero-order valence-corrected chi connectivity index (χ0v) is 22.5. The summed E-state index contributed by atoms with van der Waals surface area (Å²) >= 11 is 0. The molecule has 0 unspecified atom stereocenters. The quantitative estimate of drug-likeness (QED) is 0.264. The van der Waals surface area contributed by atoms with E-state index in [9.17, 15) is 4.79 Å². The molecule has 6 rings (SSSR count). The van der Waals surface area contributed by atoms with E-state index < -0.39 is 0 Å². The Balaban J connectivity index is 1.39. The summed E-state index contributed by atoms with van der Waals surface area (Å²) in [5, 5.41) is 0.933.